The summed E-state index contributed by atoms with van der Waals surface area (Å²) in [7, 11) is 2.09. The second-order valence-corrected chi connectivity index (χ2v) is 7.12. The number of nitrogens with one attached hydrogen (secondary N) is 1. The minimum absolute atomic E-state index is 0.424. The van der Waals surface area contributed by atoms with E-state index in [1.54, 1.807) is 0 Å². The summed E-state index contributed by atoms with van der Waals surface area (Å²) in [5.74, 6) is 0.705. The fourth-order valence-electron chi connectivity index (χ4n) is 3.68. The third kappa shape index (κ3) is 2.83. The SMILES string of the molecule is CNC(c1cc(C)c(Cl)cc1C)C1CCCC1(C)C. The van der Waals surface area contributed by atoms with Gasteiger partial charge in [0, 0.05) is 11.1 Å². The van der Waals surface area contributed by atoms with Gasteiger partial charge in [-0.25, -0.2) is 0 Å². The lowest BCUT2D eigenvalue weighted by Crippen LogP contribution is -2.32. The van der Waals surface area contributed by atoms with Crippen molar-refractivity contribution in [3.8, 4) is 0 Å². The van der Waals surface area contributed by atoms with Gasteiger partial charge in [0.15, 0.2) is 0 Å². The van der Waals surface area contributed by atoms with Crippen molar-refractivity contribution < 1.29 is 0 Å². The van der Waals surface area contributed by atoms with Gasteiger partial charge in [-0.2, -0.15) is 0 Å². The number of hydrogen-bond donors (Lipinski definition) is 1. The largest absolute Gasteiger partial charge is 0.313 e. The molecule has 2 rings (SSSR count). The van der Waals surface area contributed by atoms with E-state index in [-0.39, 0.29) is 0 Å². The van der Waals surface area contributed by atoms with Gasteiger partial charge in [0.05, 0.1) is 0 Å². The molecule has 0 amide bonds. The van der Waals surface area contributed by atoms with E-state index in [2.05, 4.69) is 52.2 Å². The second kappa shape index (κ2) is 5.46. The van der Waals surface area contributed by atoms with E-state index in [0.29, 0.717) is 17.4 Å². The summed E-state index contributed by atoms with van der Waals surface area (Å²) in [6.45, 7) is 9.09. The maximum absolute atomic E-state index is 6.23. The van der Waals surface area contributed by atoms with Crippen LogP contribution in [0.4, 0.5) is 0 Å². The van der Waals surface area contributed by atoms with Crippen molar-refractivity contribution in [1.29, 1.82) is 0 Å². The number of rotatable bonds is 3. The molecule has 1 nitrogen and oxygen atoms in total. The van der Waals surface area contributed by atoms with Gasteiger partial charge in [-0.15, -0.1) is 0 Å². The molecule has 0 bridgehead atoms. The Labute approximate surface area is 122 Å². The van der Waals surface area contributed by atoms with Crippen molar-refractivity contribution in [2.45, 2.75) is 53.0 Å². The summed E-state index contributed by atoms with van der Waals surface area (Å²) in [5.41, 5.74) is 4.33. The van der Waals surface area contributed by atoms with Crippen LogP contribution in [-0.4, -0.2) is 7.05 Å². The smallest absolute Gasteiger partial charge is 0.0438 e. The highest BCUT2D eigenvalue weighted by molar-refractivity contribution is 6.31. The maximum atomic E-state index is 6.23. The van der Waals surface area contributed by atoms with Crippen LogP contribution in [0.5, 0.6) is 0 Å². The third-order valence-electron chi connectivity index (χ3n) is 4.94. The minimum Gasteiger partial charge on any atom is -0.313 e. The average Bonchev–Trinajstić information content (AvgIpc) is 2.67. The first kappa shape index (κ1) is 14.9. The van der Waals surface area contributed by atoms with Crippen LogP contribution in [0.15, 0.2) is 12.1 Å². The second-order valence-electron chi connectivity index (χ2n) is 6.71. The molecule has 1 aromatic carbocycles. The van der Waals surface area contributed by atoms with Gasteiger partial charge in [0.2, 0.25) is 0 Å². The Bertz CT molecular complexity index is 465. The number of halogens is 1. The van der Waals surface area contributed by atoms with Crippen LogP contribution in [0.3, 0.4) is 0 Å². The molecular weight excluding hydrogens is 254 g/mol. The van der Waals surface area contributed by atoms with Gasteiger partial charge in [-0.3, -0.25) is 0 Å². The first-order chi connectivity index (χ1) is 8.86. The zero-order chi connectivity index (χ0) is 14.2. The van der Waals surface area contributed by atoms with Gasteiger partial charge < -0.3 is 5.32 Å². The summed E-state index contributed by atoms with van der Waals surface area (Å²) in [5, 5.41) is 4.44. The molecule has 106 valence electrons. The Hall–Kier alpha value is -0.530. The van der Waals surface area contributed by atoms with Crippen molar-refractivity contribution in [2.75, 3.05) is 7.05 Å². The molecule has 1 saturated carbocycles. The lowest BCUT2D eigenvalue weighted by molar-refractivity contribution is 0.203. The molecule has 0 radical (unpaired) electrons. The van der Waals surface area contributed by atoms with E-state index in [0.717, 1.165) is 5.02 Å². The van der Waals surface area contributed by atoms with Gasteiger partial charge in [0.1, 0.15) is 0 Å². The fourth-order valence-corrected chi connectivity index (χ4v) is 3.90. The molecule has 19 heavy (non-hydrogen) atoms. The highest BCUT2D eigenvalue weighted by Crippen LogP contribution is 2.49. The predicted molar refractivity (Wildman–Crippen MR) is 83.8 cm³/mol. The molecule has 1 aliphatic carbocycles. The minimum atomic E-state index is 0.424. The zero-order valence-electron chi connectivity index (χ0n) is 12.8. The average molecular weight is 280 g/mol. The summed E-state index contributed by atoms with van der Waals surface area (Å²) >= 11 is 6.23. The third-order valence-corrected chi connectivity index (χ3v) is 5.34. The molecule has 1 aromatic rings. The van der Waals surface area contributed by atoms with Crippen molar-refractivity contribution in [1.82, 2.24) is 5.32 Å². The van der Waals surface area contributed by atoms with E-state index in [4.69, 9.17) is 11.6 Å². The van der Waals surface area contributed by atoms with Crippen molar-refractivity contribution >= 4 is 11.6 Å². The first-order valence-corrected chi connectivity index (χ1v) is 7.68. The van der Waals surface area contributed by atoms with Crippen LogP contribution < -0.4 is 5.32 Å². The van der Waals surface area contributed by atoms with Crippen LogP contribution in [0.2, 0.25) is 5.02 Å². The van der Waals surface area contributed by atoms with Gasteiger partial charge in [0.25, 0.3) is 0 Å². The van der Waals surface area contributed by atoms with E-state index >= 15 is 0 Å². The molecule has 1 aliphatic rings. The van der Waals surface area contributed by atoms with Crippen LogP contribution in [0.25, 0.3) is 0 Å². The monoisotopic (exact) mass is 279 g/mol. The lowest BCUT2D eigenvalue weighted by atomic mass is 9.74. The zero-order valence-corrected chi connectivity index (χ0v) is 13.6. The Morgan fingerprint density at radius 1 is 1.26 bits per heavy atom. The Morgan fingerprint density at radius 2 is 1.95 bits per heavy atom. The van der Waals surface area contributed by atoms with E-state index in [9.17, 15) is 0 Å². The Kier molecular flexibility index (Phi) is 4.27. The van der Waals surface area contributed by atoms with Gasteiger partial charge >= 0.3 is 0 Å². The first-order valence-electron chi connectivity index (χ1n) is 7.30. The maximum Gasteiger partial charge on any atom is 0.0438 e. The van der Waals surface area contributed by atoms with Crippen LogP contribution >= 0.6 is 11.6 Å². The van der Waals surface area contributed by atoms with E-state index in [1.165, 1.54) is 36.0 Å². The molecule has 0 aliphatic heterocycles. The Morgan fingerprint density at radius 3 is 2.47 bits per heavy atom. The van der Waals surface area contributed by atoms with Crippen molar-refractivity contribution in [2.24, 2.45) is 11.3 Å². The van der Waals surface area contributed by atoms with E-state index in [1.807, 2.05) is 0 Å². The molecule has 0 aromatic heterocycles. The molecule has 0 saturated heterocycles. The topological polar surface area (TPSA) is 12.0 Å². The summed E-state index contributed by atoms with van der Waals surface area (Å²) in [6.07, 6.45) is 4.00. The highest BCUT2D eigenvalue weighted by Gasteiger charge is 2.39. The number of aryl methyl sites for hydroxylation is 2. The van der Waals surface area contributed by atoms with Crippen LogP contribution in [0, 0.1) is 25.2 Å². The molecule has 0 heterocycles. The summed E-state index contributed by atoms with van der Waals surface area (Å²) in [4.78, 5) is 0. The molecule has 1 fully saturated rings. The van der Waals surface area contributed by atoms with E-state index < -0.39 is 0 Å². The molecule has 2 unspecified atom stereocenters. The van der Waals surface area contributed by atoms with Gasteiger partial charge in [-0.1, -0.05) is 37.9 Å². The number of benzene rings is 1. The quantitative estimate of drug-likeness (QED) is 0.817. The summed E-state index contributed by atoms with van der Waals surface area (Å²) < 4.78 is 0. The van der Waals surface area contributed by atoms with Crippen LogP contribution in [0.1, 0.15) is 55.8 Å². The lowest BCUT2D eigenvalue weighted by Gasteiger charge is -2.35. The molecular formula is C17H26ClN. The predicted octanol–water partition coefficient (Wildman–Crippen LogP) is 5.04. The highest BCUT2D eigenvalue weighted by atomic mass is 35.5. The normalized spacial score (nSPS) is 23.6. The fraction of sp³-hybridized carbons (Fsp3) is 0.647. The van der Waals surface area contributed by atoms with Crippen molar-refractivity contribution in [3.05, 3.63) is 33.8 Å². The van der Waals surface area contributed by atoms with Crippen molar-refractivity contribution in [3.63, 3.8) is 0 Å². The standard InChI is InChI=1S/C17H26ClN/c1-11-10-15(18)12(2)9-13(11)16(19-5)14-7-6-8-17(14,3)4/h9-10,14,16,19H,6-8H2,1-5H3. The van der Waals surface area contributed by atoms with Crippen LogP contribution in [-0.2, 0) is 0 Å². The van der Waals surface area contributed by atoms with Gasteiger partial charge in [-0.05, 0) is 67.8 Å². The molecule has 1 N–H and O–H groups in total. The number of hydrogen-bond acceptors (Lipinski definition) is 1. The molecule has 2 atom stereocenters. The molecule has 2 heteroatoms. The summed E-state index contributed by atoms with van der Waals surface area (Å²) in [6, 6.07) is 4.82. The Balaban J connectivity index is 2.40. The molecule has 0 spiro atoms.